The summed E-state index contributed by atoms with van der Waals surface area (Å²) in [5, 5.41) is 3.18. The second-order valence-corrected chi connectivity index (χ2v) is 5.82. The van der Waals surface area contributed by atoms with Gasteiger partial charge in [-0.3, -0.25) is 4.79 Å². The standard InChI is InChI=1S/C18H25N5O/c1-4-23(14-15-8-6-5-7-9-15)18(24)16-12-21-17(13-20-16)19-10-11-22(2)3/h5-9,12-13H,4,10-11,14H2,1-3H3,(H,19,21). The first-order valence-corrected chi connectivity index (χ1v) is 8.14. The number of nitrogens with zero attached hydrogens (tertiary/aromatic N) is 4. The van der Waals surface area contributed by atoms with Gasteiger partial charge in [-0.25, -0.2) is 9.97 Å². The molecule has 0 fully saturated rings. The van der Waals surface area contributed by atoms with Crippen molar-refractivity contribution < 1.29 is 4.79 Å². The maximum absolute atomic E-state index is 12.6. The van der Waals surface area contributed by atoms with Crippen LogP contribution in [0.15, 0.2) is 42.7 Å². The van der Waals surface area contributed by atoms with Crippen molar-refractivity contribution in [1.29, 1.82) is 0 Å². The lowest BCUT2D eigenvalue weighted by Gasteiger charge is -2.20. The molecule has 0 radical (unpaired) electrons. The smallest absolute Gasteiger partial charge is 0.274 e. The molecular formula is C18H25N5O. The van der Waals surface area contributed by atoms with Gasteiger partial charge in [-0.1, -0.05) is 30.3 Å². The zero-order valence-electron chi connectivity index (χ0n) is 14.6. The Morgan fingerprint density at radius 3 is 2.46 bits per heavy atom. The van der Waals surface area contributed by atoms with Crippen LogP contribution in [-0.4, -0.2) is 59.4 Å². The van der Waals surface area contributed by atoms with Gasteiger partial charge in [0.05, 0.1) is 12.4 Å². The molecule has 0 bridgehead atoms. The van der Waals surface area contributed by atoms with E-state index in [2.05, 4.69) is 20.2 Å². The summed E-state index contributed by atoms with van der Waals surface area (Å²) in [5.74, 6) is 0.577. The molecule has 1 aromatic heterocycles. The molecule has 0 spiro atoms. The molecule has 0 aliphatic rings. The molecule has 2 rings (SSSR count). The third-order valence-corrected chi connectivity index (χ3v) is 3.62. The largest absolute Gasteiger partial charge is 0.368 e. The van der Waals surface area contributed by atoms with E-state index in [0.29, 0.717) is 24.6 Å². The second-order valence-electron chi connectivity index (χ2n) is 5.82. The van der Waals surface area contributed by atoms with Crippen molar-refractivity contribution in [2.75, 3.05) is 39.0 Å². The molecule has 0 aliphatic heterocycles. The van der Waals surface area contributed by atoms with E-state index in [1.54, 1.807) is 11.1 Å². The molecule has 6 nitrogen and oxygen atoms in total. The fourth-order valence-electron chi connectivity index (χ4n) is 2.23. The summed E-state index contributed by atoms with van der Waals surface area (Å²) in [7, 11) is 4.03. The van der Waals surface area contributed by atoms with E-state index in [-0.39, 0.29) is 5.91 Å². The Morgan fingerprint density at radius 2 is 1.88 bits per heavy atom. The van der Waals surface area contributed by atoms with E-state index in [1.807, 2.05) is 51.4 Å². The highest BCUT2D eigenvalue weighted by molar-refractivity contribution is 5.92. The number of hydrogen-bond acceptors (Lipinski definition) is 5. The van der Waals surface area contributed by atoms with Crippen LogP contribution in [0.25, 0.3) is 0 Å². The molecule has 6 heteroatoms. The van der Waals surface area contributed by atoms with Gasteiger partial charge in [0, 0.05) is 26.2 Å². The number of anilines is 1. The number of benzene rings is 1. The maximum atomic E-state index is 12.6. The van der Waals surface area contributed by atoms with E-state index >= 15 is 0 Å². The van der Waals surface area contributed by atoms with E-state index < -0.39 is 0 Å². The van der Waals surface area contributed by atoms with Crippen LogP contribution < -0.4 is 5.32 Å². The minimum absolute atomic E-state index is 0.103. The quantitative estimate of drug-likeness (QED) is 0.805. The lowest BCUT2D eigenvalue weighted by atomic mass is 10.2. The molecule has 1 heterocycles. The Balaban J connectivity index is 1.97. The SMILES string of the molecule is CCN(Cc1ccccc1)C(=O)c1cnc(NCCN(C)C)cn1. The molecule has 128 valence electrons. The van der Waals surface area contributed by atoms with Crippen LogP contribution in [0.5, 0.6) is 0 Å². The van der Waals surface area contributed by atoms with E-state index in [1.165, 1.54) is 6.20 Å². The topological polar surface area (TPSA) is 61.4 Å². The third kappa shape index (κ3) is 5.31. The first kappa shape index (κ1) is 17.9. The van der Waals surface area contributed by atoms with E-state index in [9.17, 15) is 4.79 Å². The van der Waals surface area contributed by atoms with Gasteiger partial charge in [-0.15, -0.1) is 0 Å². The van der Waals surface area contributed by atoms with Crippen molar-refractivity contribution in [3.8, 4) is 0 Å². The lowest BCUT2D eigenvalue weighted by Crippen LogP contribution is -2.31. The Bertz CT molecular complexity index is 628. The average Bonchev–Trinajstić information content (AvgIpc) is 2.60. The minimum Gasteiger partial charge on any atom is -0.368 e. The first-order valence-electron chi connectivity index (χ1n) is 8.14. The molecule has 1 amide bonds. The molecule has 0 atom stereocenters. The number of aromatic nitrogens is 2. The fraction of sp³-hybridized carbons (Fsp3) is 0.389. The summed E-state index contributed by atoms with van der Waals surface area (Å²) >= 11 is 0. The minimum atomic E-state index is -0.103. The summed E-state index contributed by atoms with van der Waals surface area (Å²) in [5.41, 5.74) is 1.47. The highest BCUT2D eigenvalue weighted by atomic mass is 16.2. The summed E-state index contributed by atoms with van der Waals surface area (Å²) in [6, 6.07) is 9.94. The Hall–Kier alpha value is -2.47. The third-order valence-electron chi connectivity index (χ3n) is 3.62. The zero-order valence-corrected chi connectivity index (χ0v) is 14.6. The normalized spacial score (nSPS) is 10.7. The van der Waals surface area contributed by atoms with Gasteiger partial charge in [-0.2, -0.15) is 0 Å². The molecular weight excluding hydrogens is 302 g/mol. The van der Waals surface area contributed by atoms with Crippen molar-refractivity contribution in [3.05, 3.63) is 54.0 Å². The number of carbonyl (C=O) groups excluding carboxylic acids is 1. The van der Waals surface area contributed by atoms with Gasteiger partial charge in [0.25, 0.3) is 5.91 Å². The molecule has 0 aliphatic carbocycles. The number of amides is 1. The Kier molecular flexibility index (Phi) is 6.69. The molecule has 24 heavy (non-hydrogen) atoms. The summed E-state index contributed by atoms with van der Waals surface area (Å²) in [6.45, 7) is 4.84. The lowest BCUT2D eigenvalue weighted by molar-refractivity contribution is 0.0746. The Morgan fingerprint density at radius 1 is 1.12 bits per heavy atom. The van der Waals surface area contributed by atoms with Crippen molar-refractivity contribution in [2.45, 2.75) is 13.5 Å². The van der Waals surface area contributed by atoms with E-state index in [0.717, 1.165) is 18.7 Å². The van der Waals surface area contributed by atoms with Crippen LogP contribution >= 0.6 is 0 Å². The molecule has 1 N–H and O–H groups in total. The van der Waals surface area contributed by atoms with E-state index in [4.69, 9.17) is 0 Å². The molecule has 1 aromatic carbocycles. The van der Waals surface area contributed by atoms with Crippen molar-refractivity contribution in [2.24, 2.45) is 0 Å². The highest BCUT2D eigenvalue weighted by Gasteiger charge is 2.16. The molecule has 0 unspecified atom stereocenters. The van der Waals surface area contributed by atoms with Crippen LogP contribution in [0.2, 0.25) is 0 Å². The molecule has 0 saturated carbocycles. The summed E-state index contributed by atoms with van der Waals surface area (Å²) < 4.78 is 0. The first-order chi connectivity index (χ1) is 11.6. The van der Waals surface area contributed by atoms with Crippen LogP contribution in [0, 0.1) is 0 Å². The number of likely N-dealkylation sites (N-methyl/N-ethyl adjacent to an activating group) is 1. The van der Waals surface area contributed by atoms with Gasteiger partial charge in [-0.05, 0) is 26.6 Å². The zero-order chi connectivity index (χ0) is 17.4. The predicted octanol–water partition coefficient (Wildman–Crippen LogP) is 2.11. The highest BCUT2D eigenvalue weighted by Crippen LogP contribution is 2.09. The maximum Gasteiger partial charge on any atom is 0.274 e. The van der Waals surface area contributed by atoms with Crippen LogP contribution in [0.3, 0.4) is 0 Å². The average molecular weight is 327 g/mol. The molecule has 2 aromatic rings. The molecule has 0 saturated heterocycles. The van der Waals surface area contributed by atoms with Gasteiger partial charge in [0.1, 0.15) is 11.5 Å². The predicted molar refractivity (Wildman–Crippen MR) is 95.9 cm³/mol. The van der Waals surface area contributed by atoms with Crippen LogP contribution in [0.4, 0.5) is 5.82 Å². The van der Waals surface area contributed by atoms with Crippen molar-refractivity contribution >= 4 is 11.7 Å². The Labute approximate surface area is 143 Å². The summed E-state index contributed by atoms with van der Waals surface area (Å²) in [4.78, 5) is 25.0. The monoisotopic (exact) mass is 327 g/mol. The number of hydrogen-bond donors (Lipinski definition) is 1. The van der Waals surface area contributed by atoms with Gasteiger partial charge in [0.15, 0.2) is 0 Å². The number of rotatable bonds is 8. The van der Waals surface area contributed by atoms with Gasteiger partial charge in [0.2, 0.25) is 0 Å². The van der Waals surface area contributed by atoms with Crippen LogP contribution in [-0.2, 0) is 6.54 Å². The van der Waals surface area contributed by atoms with Gasteiger partial charge >= 0.3 is 0 Å². The van der Waals surface area contributed by atoms with Crippen molar-refractivity contribution in [1.82, 2.24) is 19.8 Å². The number of carbonyl (C=O) groups is 1. The van der Waals surface area contributed by atoms with Crippen LogP contribution in [0.1, 0.15) is 23.0 Å². The van der Waals surface area contributed by atoms with Gasteiger partial charge < -0.3 is 15.1 Å². The summed E-state index contributed by atoms with van der Waals surface area (Å²) in [6.07, 6.45) is 3.15. The second kappa shape index (κ2) is 8.98. The van der Waals surface area contributed by atoms with Crippen molar-refractivity contribution in [3.63, 3.8) is 0 Å². The number of nitrogens with one attached hydrogen (secondary N) is 1. The fourth-order valence-corrected chi connectivity index (χ4v) is 2.23.